The van der Waals surface area contributed by atoms with Gasteiger partial charge in [0.2, 0.25) is 5.28 Å². The second kappa shape index (κ2) is 3.71. The van der Waals surface area contributed by atoms with Crippen molar-refractivity contribution in [2.75, 3.05) is 7.11 Å². The summed E-state index contributed by atoms with van der Waals surface area (Å²) in [6.07, 6.45) is 1.68. The highest BCUT2D eigenvalue weighted by Crippen LogP contribution is 2.29. The molecule has 14 heavy (non-hydrogen) atoms. The highest BCUT2D eigenvalue weighted by atomic mass is 79.9. The average molecular weight is 274 g/mol. The summed E-state index contributed by atoms with van der Waals surface area (Å²) >= 11 is 9.06. The molecule has 0 fully saturated rings. The minimum absolute atomic E-state index is 0.238. The number of halogens is 2. The molecule has 0 N–H and O–H groups in total. The molecule has 5 heteroatoms. The molecule has 2 rings (SSSR count). The topological polar surface area (TPSA) is 35.0 Å². The fourth-order valence-corrected chi connectivity index (χ4v) is 1.83. The molecule has 0 aliphatic rings. The lowest BCUT2D eigenvalue weighted by molar-refractivity contribution is 0.412. The van der Waals surface area contributed by atoms with Gasteiger partial charge in [-0.25, -0.2) is 9.97 Å². The van der Waals surface area contributed by atoms with E-state index in [2.05, 4.69) is 25.9 Å². The zero-order chi connectivity index (χ0) is 10.1. The molecule has 72 valence electrons. The van der Waals surface area contributed by atoms with Crippen molar-refractivity contribution in [3.63, 3.8) is 0 Å². The van der Waals surface area contributed by atoms with Gasteiger partial charge in [-0.3, -0.25) is 0 Å². The monoisotopic (exact) mass is 272 g/mol. The van der Waals surface area contributed by atoms with E-state index < -0.39 is 0 Å². The van der Waals surface area contributed by atoms with E-state index in [0.29, 0.717) is 0 Å². The number of fused-ring (bicyclic) bond motifs is 1. The minimum Gasteiger partial charge on any atom is -0.495 e. The van der Waals surface area contributed by atoms with Gasteiger partial charge in [0, 0.05) is 17.6 Å². The van der Waals surface area contributed by atoms with Crippen LogP contribution in [-0.2, 0) is 0 Å². The maximum Gasteiger partial charge on any atom is 0.222 e. The van der Waals surface area contributed by atoms with Crippen LogP contribution in [0, 0.1) is 0 Å². The summed E-state index contributed by atoms with van der Waals surface area (Å²) in [6.45, 7) is 0. The van der Waals surface area contributed by atoms with Crippen molar-refractivity contribution in [3.05, 3.63) is 28.1 Å². The maximum absolute atomic E-state index is 5.68. The van der Waals surface area contributed by atoms with Crippen LogP contribution < -0.4 is 4.74 Å². The molecule has 0 amide bonds. The molecule has 0 atom stereocenters. The van der Waals surface area contributed by atoms with E-state index in [1.807, 2.05) is 12.1 Å². The average Bonchev–Trinajstić information content (AvgIpc) is 2.17. The Hall–Kier alpha value is -0.870. The zero-order valence-corrected chi connectivity index (χ0v) is 9.63. The van der Waals surface area contributed by atoms with E-state index in [0.717, 1.165) is 21.1 Å². The van der Waals surface area contributed by atoms with Crippen molar-refractivity contribution < 1.29 is 4.74 Å². The molecule has 0 aliphatic heterocycles. The summed E-state index contributed by atoms with van der Waals surface area (Å²) in [7, 11) is 1.61. The van der Waals surface area contributed by atoms with Crippen LogP contribution >= 0.6 is 27.5 Å². The standard InChI is InChI=1S/C9H6BrClN2O/c1-14-8-3-7-5(2-6(8)10)4-12-9(11)13-7/h2-4H,1H3. The summed E-state index contributed by atoms with van der Waals surface area (Å²) in [5.74, 6) is 0.729. The fourth-order valence-electron chi connectivity index (χ4n) is 1.17. The number of aromatic nitrogens is 2. The van der Waals surface area contributed by atoms with Crippen LogP contribution in [0.15, 0.2) is 22.8 Å². The van der Waals surface area contributed by atoms with E-state index in [-0.39, 0.29) is 5.28 Å². The SMILES string of the molecule is COc1cc2nc(Cl)ncc2cc1Br. The predicted octanol–water partition coefficient (Wildman–Crippen LogP) is 3.05. The van der Waals surface area contributed by atoms with Crippen molar-refractivity contribution in [2.24, 2.45) is 0 Å². The van der Waals surface area contributed by atoms with E-state index in [4.69, 9.17) is 16.3 Å². The summed E-state index contributed by atoms with van der Waals surface area (Å²) in [6, 6.07) is 3.71. The molecular weight excluding hydrogens is 267 g/mol. The summed E-state index contributed by atoms with van der Waals surface area (Å²) < 4.78 is 6.02. The van der Waals surface area contributed by atoms with Gasteiger partial charge in [-0.2, -0.15) is 0 Å². The molecule has 0 radical (unpaired) electrons. The second-order valence-corrected chi connectivity index (χ2v) is 3.88. The van der Waals surface area contributed by atoms with E-state index in [1.54, 1.807) is 13.3 Å². The molecular formula is C9H6BrClN2O. The molecule has 0 bridgehead atoms. The third kappa shape index (κ3) is 1.67. The van der Waals surface area contributed by atoms with Crippen molar-refractivity contribution in [3.8, 4) is 5.75 Å². The molecule has 2 aromatic rings. The molecule has 3 nitrogen and oxygen atoms in total. The number of ether oxygens (including phenoxy) is 1. The third-order valence-corrected chi connectivity index (χ3v) is 2.63. The molecule has 0 spiro atoms. The zero-order valence-electron chi connectivity index (χ0n) is 7.29. The Morgan fingerprint density at radius 2 is 2.21 bits per heavy atom. The number of benzene rings is 1. The lowest BCUT2D eigenvalue weighted by Crippen LogP contribution is -1.88. The molecule has 0 saturated carbocycles. The number of methoxy groups -OCH3 is 1. The molecule has 0 saturated heterocycles. The molecule has 0 aliphatic carbocycles. The Labute approximate surface area is 94.2 Å². The Morgan fingerprint density at radius 1 is 1.43 bits per heavy atom. The lowest BCUT2D eigenvalue weighted by Gasteiger charge is -2.04. The van der Waals surface area contributed by atoms with Crippen LogP contribution in [0.3, 0.4) is 0 Å². The van der Waals surface area contributed by atoms with Gasteiger partial charge in [-0.15, -0.1) is 0 Å². The largest absolute Gasteiger partial charge is 0.495 e. The smallest absolute Gasteiger partial charge is 0.222 e. The number of nitrogens with zero attached hydrogens (tertiary/aromatic N) is 2. The first-order valence-electron chi connectivity index (χ1n) is 3.86. The van der Waals surface area contributed by atoms with Crippen LogP contribution in [0.25, 0.3) is 10.9 Å². The van der Waals surface area contributed by atoms with Gasteiger partial charge in [-0.05, 0) is 33.6 Å². The van der Waals surface area contributed by atoms with Gasteiger partial charge in [0.05, 0.1) is 17.1 Å². The number of hydrogen-bond donors (Lipinski definition) is 0. The third-order valence-electron chi connectivity index (χ3n) is 1.82. The van der Waals surface area contributed by atoms with E-state index in [9.17, 15) is 0 Å². The van der Waals surface area contributed by atoms with Crippen molar-refractivity contribution in [1.29, 1.82) is 0 Å². The summed E-state index contributed by atoms with van der Waals surface area (Å²) in [5, 5.41) is 1.16. The van der Waals surface area contributed by atoms with Gasteiger partial charge in [0.1, 0.15) is 5.75 Å². The molecule has 1 heterocycles. The Morgan fingerprint density at radius 3 is 2.93 bits per heavy atom. The first-order valence-corrected chi connectivity index (χ1v) is 5.03. The fraction of sp³-hybridized carbons (Fsp3) is 0.111. The van der Waals surface area contributed by atoms with Crippen molar-refractivity contribution in [2.45, 2.75) is 0 Å². The molecule has 1 aromatic heterocycles. The predicted molar refractivity (Wildman–Crippen MR) is 58.8 cm³/mol. The van der Waals surface area contributed by atoms with E-state index in [1.165, 1.54) is 0 Å². The van der Waals surface area contributed by atoms with Crippen LogP contribution in [-0.4, -0.2) is 17.1 Å². The Balaban J connectivity index is 2.73. The maximum atomic E-state index is 5.68. The first-order chi connectivity index (χ1) is 6.70. The van der Waals surface area contributed by atoms with Gasteiger partial charge in [0.25, 0.3) is 0 Å². The number of rotatable bonds is 1. The highest BCUT2D eigenvalue weighted by Gasteiger charge is 2.04. The van der Waals surface area contributed by atoms with Gasteiger partial charge < -0.3 is 4.74 Å². The molecule has 1 aromatic carbocycles. The Bertz CT molecular complexity index is 489. The summed E-state index contributed by atoms with van der Waals surface area (Å²) in [4.78, 5) is 7.98. The van der Waals surface area contributed by atoms with Gasteiger partial charge >= 0.3 is 0 Å². The first kappa shape index (κ1) is 9.68. The van der Waals surface area contributed by atoms with Gasteiger partial charge in [0.15, 0.2) is 0 Å². The summed E-state index contributed by atoms with van der Waals surface area (Å²) in [5.41, 5.74) is 0.769. The minimum atomic E-state index is 0.238. The normalized spacial score (nSPS) is 10.5. The van der Waals surface area contributed by atoms with Crippen LogP contribution in [0.1, 0.15) is 0 Å². The second-order valence-electron chi connectivity index (χ2n) is 2.68. The van der Waals surface area contributed by atoms with Gasteiger partial charge in [-0.1, -0.05) is 0 Å². The quantitative estimate of drug-likeness (QED) is 0.749. The molecule has 0 unspecified atom stereocenters. The van der Waals surface area contributed by atoms with Crippen LogP contribution in [0.2, 0.25) is 5.28 Å². The van der Waals surface area contributed by atoms with Crippen LogP contribution in [0.4, 0.5) is 0 Å². The number of hydrogen-bond acceptors (Lipinski definition) is 3. The van der Waals surface area contributed by atoms with Crippen molar-refractivity contribution >= 4 is 38.4 Å². The Kier molecular flexibility index (Phi) is 2.56. The van der Waals surface area contributed by atoms with E-state index >= 15 is 0 Å². The highest BCUT2D eigenvalue weighted by molar-refractivity contribution is 9.10. The lowest BCUT2D eigenvalue weighted by atomic mass is 10.2. The van der Waals surface area contributed by atoms with Crippen LogP contribution in [0.5, 0.6) is 5.75 Å². The van der Waals surface area contributed by atoms with Crippen molar-refractivity contribution in [1.82, 2.24) is 9.97 Å².